The third-order valence-electron chi connectivity index (χ3n) is 12.5. The molecule has 6 aromatic rings. The normalized spacial score (nSPS) is 13.6. The Kier molecular flexibility index (Phi) is 18.9. The average molecular weight is 817 g/mol. The van der Waals surface area contributed by atoms with Gasteiger partial charge in [-0.15, -0.1) is 0 Å². The minimum absolute atomic E-state index is 0.587. The van der Waals surface area contributed by atoms with Crippen LogP contribution in [0.2, 0.25) is 0 Å². The van der Waals surface area contributed by atoms with E-state index in [9.17, 15) is 0 Å². The van der Waals surface area contributed by atoms with E-state index in [2.05, 4.69) is 226 Å². The molecule has 0 fully saturated rings. The highest BCUT2D eigenvalue weighted by atomic mass is 14.3. The van der Waals surface area contributed by atoms with Gasteiger partial charge < -0.3 is 0 Å². The van der Waals surface area contributed by atoms with Crippen LogP contribution in [0.5, 0.6) is 0 Å². The van der Waals surface area contributed by atoms with Gasteiger partial charge in [0.05, 0.1) is 0 Å². The molecule has 1 unspecified atom stereocenters. The fourth-order valence-electron chi connectivity index (χ4n) is 9.65. The third kappa shape index (κ3) is 13.4. The van der Waals surface area contributed by atoms with Crippen LogP contribution in [0, 0.1) is 17.8 Å². The first-order valence-electron chi connectivity index (χ1n) is 24.1. The highest BCUT2D eigenvalue weighted by Gasteiger charge is 2.28. The van der Waals surface area contributed by atoms with Crippen LogP contribution in [-0.4, -0.2) is 0 Å². The second kappa shape index (κ2) is 23.3. The predicted molar refractivity (Wildman–Crippen MR) is 274 cm³/mol. The molecule has 6 aromatic carbocycles. The van der Waals surface area contributed by atoms with Crippen molar-refractivity contribution in [2.24, 2.45) is 17.8 Å². The Morgan fingerprint density at radius 3 is 1.43 bits per heavy atom. The van der Waals surface area contributed by atoms with Crippen molar-refractivity contribution in [2.75, 3.05) is 0 Å². The highest BCUT2D eigenvalue weighted by molar-refractivity contribution is 5.90. The molecule has 0 aromatic heterocycles. The summed E-state index contributed by atoms with van der Waals surface area (Å²) < 4.78 is 0. The monoisotopic (exact) mass is 817 g/mol. The molecule has 0 spiro atoms. The third-order valence-corrected chi connectivity index (χ3v) is 12.5. The fourth-order valence-corrected chi connectivity index (χ4v) is 9.65. The molecular weight excluding hydrogens is 733 g/mol. The Hall–Kier alpha value is -4.16. The molecule has 328 valence electrons. The minimum atomic E-state index is 0.587. The molecule has 0 heteroatoms. The van der Waals surface area contributed by atoms with Crippen LogP contribution in [0.4, 0.5) is 0 Å². The van der Waals surface area contributed by atoms with E-state index in [1.165, 1.54) is 80.6 Å². The number of aryl methyl sites for hydroxylation is 1. The molecule has 1 atom stereocenters. The van der Waals surface area contributed by atoms with Gasteiger partial charge in [0.2, 0.25) is 0 Å². The molecule has 0 saturated heterocycles. The maximum atomic E-state index is 2.36. The van der Waals surface area contributed by atoms with Crippen molar-refractivity contribution in [3.05, 3.63) is 165 Å². The lowest BCUT2D eigenvalue weighted by Gasteiger charge is -2.21. The van der Waals surface area contributed by atoms with Crippen LogP contribution >= 0.6 is 0 Å². The molecule has 0 radical (unpaired) electrons. The van der Waals surface area contributed by atoms with Gasteiger partial charge in [-0.25, -0.2) is 0 Å². The van der Waals surface area contributed by atoms with Crippen molar-refractivity contribution in [1.29, 1.82) is 0 Å². The first kappa shape index (κ1) is 49.5. The van der Waals surface area contributed by atoms with Gasteiger partial charge in [-0.3, -0.25) is 0 Å². The Labute approximate surface area is 375 Å². The molecule has 61 heavy (non-hydrogen) atoms. The maximum Gasteiger partial charge on any atom is -0.0115 e. The quantitative estimate of drug-likeness (QED) is 0.129. The largest absolute Gasteiger partial charge is 0.0625 e. The molecule has 0 saturated carbocycles. The van der Waals surface area contributed by atoms with Crippen molar-refractivity contribution in [2.45, 2.75) is 172 Å². The summed E-state index contributed by atoms with van der Waals surface area (Å²) in [5.41, 5.74) is 13.9. The number of hydrogen-bond acceptors (Lipinski definition) is 0. The van der Waals surface area contributed by atoms with E-state index in [-0.39, 0.29) is 0 Å². The van der Waals surface area contributed by atoms with E-state index in [1.807, 2.05) is 0 Å². The summed E-state index contributed by atoms with van der Waals surface area (Å²) in [6.07, 6.45) is 5.03. The van der Waals surface area contributed by atoms with E-state index in [0.29, 0.717) is 35.5 Å². The molecule has 7 rings (SSSR count). The lowest BCUT2D eigenvalue weighted by Crippen LogP contribution is -2.06. The van der Waals surface area contributed by atoms with Crippen LogP contribution < -0.4 is 0 Å². The topological polar surface area (TPSA) is 0 Å². The van der Waals surface area contributed by atoms with Gasteiger partial charge in [0.1, 0.15) is 0 Å². The van der Waals surface area contributed by atoms with Gasteiger partial charge in [0.25, 0.3) is 0 Å². The second-order valence-corrected chi connectivity index (χ2v) is 20.6. The van der Waals surface area contributed by atoms with Crippen LogP contribution in [-0.2, 0) is 19.3 Å². The molecule has 1 aliphatic carbocycles. The first-order chi connectivity index (χ1) is 28.9. The van der Waals surface area contributed by atoms with Gasteiger partial charge in [-0.05, 0) is 151 Å². The fraction of sp³-hybridized carbons (Fsp3) is 0.475. The highest BCUT2D eigenvalue weighted by Crippen LogP contribution is 2.42. The zero-order valence-electron chi connectivity index (χ0n) is 41.5. The standard InChI is InChI=1S/C17H22.C16H20.C15H22.C13H20/c1-12(2)11-15-10-9-14-7-5-6-8-16(14)17(15)13(3)4;1-11(2)14-9-5-7-13-8-6-10-15(12(3)4)16(13)14;1-10(2)13-7-5-6-12-8-9-14(11(3)4)15(12)13;1-10(2)9-12-7-5-6-8-13(12)11(3)4/h5-10,12-13H,11H2,1-4H3;5-12H,1-4H3;5-7,10-11,14H,8-9H2,1-4H3;5-8,10-11H,9H2,1-4H3. The van der Waals surface area contributed by atoms with Gasteiger partial charge >= 0.3 is 0 Å². The zero-order valence-corrected chi connectivity index (χ0v) is 41.5. The Morgan fingerprint density at radius 1 is 0.410 bits per heavy atom. The Morgan fingerprint density at radius 2 is 0.885 bits per heavy atom. The summed E-state index contributed by atoms with van der Waals surface area (Å²) >= 11 is 0. The van der Waals surface area contributed by atoms with E-state index >= 15 is 0 Å². The van der Waals surface area contributed by atoms with Gasteiger partial charge in [0.15, 0.2) is 0 Å². The predicted octanol–water partition coefficient (Wildman–Crippen LogP) is 18.8. The molecular formula is C61H84. The van der Waals surface area contributed by atoms with Crippen molar-refractivity contribution >= 4 is 21.5 Å². The number of fused-ring (bicyclic) bond motifs is 3. The van der Waals surface area contributed by atoms with Crippen molar-refractivity contribution in [1.82, 2.24) is 0 Å². The van der Waals surface area contributed by atoms with Gasteiger partial charge in [-0.2, -0.15) is 0 Å². The Balaban J connectivity index is 0.000000180. The minimum Gasteiger partial charge on any atom is -0.0625 e. The zero-order chi connectivity index (χ0) is 45.0. The number of benzene rings is 6. The molecule has 0 N–H and O–H groups in total. The molecule has 0 bridgehead atoms. The van der Waals surface area contributed by atoms with Crippen LogP contribution in [0.25, 0.3) is 21.5 Å². The molecule has 0 nitrogen and oxygen atoms in total. The molecule has 1 aliphatic rings. The van der Waals surface area contributed by atoms with Gasteiger partial charge in [0, 0.05) is 0 Å². The molecule has 0 amide bonds. The first-order valence-corrected chi connectivity index (χ1v) is 24.1. The van der Waals surface area contributed by atoms with Crippen LogP contribution in [0.3, 0.4) is 0 Å². The van der Waals surface area contributed by atoms with Crippen molar-refractivity contribution in [3.8, 4) is 0 Å². The summed E-state index contributed by atoms with van der Waals surface area (Å²) in [5, 5.41) is 5.64. The maximum absolute atomic E-state index is 2.36. The van der Waals surface area contributed by atoms with E-state index in [4.69, 9.17) is 0 Å². The summed E-state index contributed by atoms with van der Waals surface area (Å²) in [5.74, 6) is 6.13. The molecule has 0 heterocycles. The van der Waals surface area contributed by atoms with Crippen LogP contribution in [0.15, 0.2) is 115 Å². The van der Waals surface area contributed by atoms with Crippen molar-refractivity contribution in [3.63, 3.8) is 0 Å². The molecule has 0 aliphatic heterocycles. The van der Waals surface area contributed by atoms with Crippen LogP contribution in [0.1, 0.15) is 203 Å². The number of rotatable bonds is 10. The van der Waals surface area contributed by atoms with Gasteiger partial charge in [-0.1, -0.05) is 226 Å². The summed E-state index contributed by atoms with van der Waals surface area (Å²) in [7, 11) is 0. The summed E-state index contributed by atoms with van der Waals surface area (Å²) in [4.78, 5) is 0. The van der Waals surface area contributed by atoms with Crippen molar-refractivity contribution < 1.29 is 0 Å². The lowest BCUT2D eigenvalue weighted by molar-refractivity contribution is 0.492. The van der Waals surface area contributed by atoms with E-state index < -0.39 is 0 Å². The van der Waals surface area contributed by atoms with E-state index in [1.54, 1.807) is 16.7 Å². The van der Waals surface area contributed by atoms with E-state index in [0.717, 1.165) is 17.8 Å². The smallest absolute Gasteiger partial charge is 0.0115 e. The SMILES string of the molecule is CC(C)Cc1ccc2ccccc2c1C(C)C.CC(C)Cc1ccccc1C(C)C.CC(C)c1cccc2c1C(C(C)C)CC2.CC(C)c1cccc2cccc(C(C)C)c12. The number of hydrogen-bond donors (Lipinski definition) is 0. The summed E-state index contributed by atoms with van der Waals surface area (Å²) in [6, 6.07) is 42.3. The lowest BCUT2D eigenvalue weighted by atomic mass is 9.84. The second-order valence-electron chi connectivity index (χ2n) is 20.6. The Bertz CT molecular complexity index is 2190. The average Bonchev–Trinajstić information content (AvgIpc) is 3.65. The summed E-state index contributed by atoms with van der Waals surface area (Å²) in [6.45, 7) is 36.7.